The van der Waals surface area contributed by atoms with Crippen LogP contribution in [0.3, 0.4) is 0 Å². The third kappa shape index (κ3) is 6.42. The van der Waals surface area contributed by atoms with Gasteiger partial charge in [0.15, 0.2) is 5.13 Å². The molecule has 0 bridgehead atoms. The van der Waals surface area contributed by atoms with E-state index in [1.807, 2.05) is 51.1 Å². The molecule has 2 aromatic carbocycles. The SMILES string of the molecule is COc1ccccc1Nc1nc(-c2cc3ccc(OCCCC(=O)OC(C)(C)C)cc3oc2=O)cs1. The number of esters is 1. The van der Waals surface area contributed by atoms with Crippen LogP contribution in [0.2, 0.25) is 0 Å². The van der Waals surface area contributed by atoms with Crippen LogP contribution < -0.4 is 20.4 Å². The first kappa shape index (κ1) is 25.2. The van der Waals surface area contributed by atoms with Crippen molar-refractivity contribution in [2.24, 2.45) is 0 Å². The molecule has 0 unspecified atom stereocenters. The van der Waals surface area contributed by atoms with E-state index in [4.69, 9.17) is 18.6 Å². The van der Waals surface area contributed by atoms with Gasteiger partial charge in [-0.15, -0.1) is 11.3 Å². The van der Waals surface area contributed by atoms with Crippen molar-refractivity contribution in [2.75, 3.05) is 19.0 Å². The molecule has 0 saturated carbocycles. The van der Waals surface area contributed by atoms with Gasteiger partial charge in [0.25, 0.3) is 0 Å². The zero-order valence-electron chi connectivity index (χ0n) is 20.6. The molecule has 0 aliphatic heterocycles. The lowest BCUT2D eigenvalue weighted by atomic mass is 10.1. The molecule has 0 fully saturated rings. The maximum Gasteiger partial charge on any atom is 0.345 e. The van der Waals surface area contributed by atoms with Crippen LogP contribution in [-0.2, 0) is 9.53 Å². The van der Waals surface area contributed by atoms with Crippen molar-refractivity contribution in [3.63, 3.8) is 0 Å². The number of methoxy groups -OCH3 is 1. The first-order valence-electron chi connectivity index (χ1n) is 11.5. The lowest BCUT2D eigenvalue weighted by molar-refractivity contribution is -0.155. The van der Waals surface area contributed by atoms with E-state index in [2.05, 4.69) is 10.3 Å². The quantitative estimate of drug-likeness (QED) is 0.163. The zero-order chi connectivity index (χ0) is 25.7. The Morgan fingerprint density at radius 3 is 2.72 bits per heavy atom. The molecule has 4 rings (SSSR count). The predicted octanol–water partition coefficient (Wildman–Crippen LogP) is 6.17. The van der Waals surface area contributed by atoms with Gasteiger partial charge in [0.2, 0.25) is 0 Å². The number of para-hydroxylation sites is 2. The Morgan fingerprint density at radius 1 is 1.14 bits per heavy atom. The van der Waals surface area contributed by atoms with Crippen molar-refractivity contribution in [3.8, 4) is 22.8 Å². The van der Waals surface area contributed by atoms with E-state index in [-0.39, 0.29) is 12.4 Å². The summed E-state index contributed by atoms with van der Waals surface area (Å²) in [6.45, 7) is 5.85. The highest BCUT2D eigenvalue weighted by Gasteiger charge is 2.16. The molecular weight excluding hydrogens is 480 g/mol. The van der Waals surface area contributed by atoms with Crippen molar-refractivity contribution in [2.45, 2.75) is 39.2 Å². The topological polar surface area (TPSA) is 99.9 Å². The fraction of sp³-hybridized carbons (Fsp3) is 0.296. The summed E-state index contributed by atoms with van der Waals surface area (Å²) < 4.78 is 21.9. The summed E-state index contributed by atoms with van der Waals surface area (Å²) in [4.78, 5) is 29.1. The monoisotopic (exact) mass is 508 g/mol. The zero-order valence-corrected chi connectivity index (χ0v) is 21.4. The Hall–Kier alpha value is -3.85. The molecule has 9 heteroatoms. The minimum absolute atomic E-state index is 0.258. The Morgan fingerprint density at radius 2 is 1.94 bits per heavy atom. The molecule has 0 radical (unpaired) electrons. The number of carbonyl (C=O) groups excluding carboxylic acids is 1. The number of hydrogen-bond acceptors (Lipinski definition) is 9. The molecule has 2 heterocycles. The summed E-state index contributed by atoms with van der Waals surface area (Å²) in [5, 5.41) is 6.40. The number of thiazole rings is 1. The summed E-state index contributed by atoms with van der Waals surface area (Å²) >= 11 is 1.38. The number of anilines is 2. The van der Waals surface area contributed by atoms with Gasteiger partial charge in [0.1, 0.15) is 22.7 Å². The van der Waals surface area contributed by atoms with Gasteiger partial charge in [-0.2, -0.15) is 0 Å². The van der Waals surface area contributed by atoms with E-state index in [0.717, 1.165) is 11.1 Å². The predicted molar refractivity (Wildman–Crippen MR) is 140 cm³/mol. The van der Waals surface area contributed by atoms with Gasteiger partial charge in [-0.25, -0.2) is 9.78 Å². The van der Waals surface area contributed by atoms with E-state index < -0.39 is 11.2 Å². The van der Waals surface area contributed by atoms with E-state index in [0.29, 0.717) is 46.5 Å². The maximum atomic E-state index is 12.7. The van der Waals surface area contributed by atoms with Crippen molar-refractivity contribution in [1.82, 2.24) is 4.98 Å². The Kier molecular flexibility index (Phi) is 7.59. The van der Waals surface area contributed by atoms with Gasteiger partial charge < -0.3 is 23.9 Å². The second-order valence-corrected chi connectivity index (χ2v) is 9.91. The van der Waals surface area contributed by atoms with E-state index >= 15 is 0 Å². The molecule has 4 aromatic rings. The van der Waals surface area contributed by atoms with Gasteiger partial charge in [0, 0.05) is 23.3 Å². The second kappa shape index (κ2) is 10.8. The Balaban J connectivity index is 1.43. The molecule has 0 saturated heterocycles. The average molecular weight is 509 g/mol. The number of carbonyl (C=O) groups is 1. The highest BCUT2D eigenvalue weighted by atomic mass is 32.1. The van der Waals surface area contributed by atoms with E-state index in [9.17, 15) is 9.59 Å². The smallest absolute Gasteiger partial charge is 0.345 e. The fourth-order valence-corrected chi connectivity index (χ4v) is 4.20. The summed E-state index contributed by atoms with van der Waals surface area (Å²) in [6, 6.07) is 14.6. The van der Waals surface area contributed by atoms with Gasteiger partial charge in [-0.1, -0.05) is 12.1 Å². The van der Waals surface area contributed by atoms with Crippen LogP contribution >= 0.6 is 11.3 Å². The van der Waals surface area contributed by atoms with Gasteiger partial charge >= 0.3 is 11.6 Å². The van der Waals surface area contributed by atoms with Crippen LogP contribution in [0.4, 0.5) is 10.8 Å². The lowest BCUT2D eigenvalue weighted by Gasteiger charge is -2.19. The van der Waals surface area contributed by atoms with Gasteiger partial charge in [0.05, 0.1) is 30.7 Å². The molecular formula is C27H28N2O6S. The molecule has 8 nitrogen and oxygen atoms in total. The summed E-state index contributed by atoms with van der Waals surface area (Å²) in [6.07, 6.45) is 0.787. The molecule has 0 aliphatic carbocycles. The number of nitrogens with one attached hydrogen (secondary N) is 1. The Bertz CT molecular complexity index is 1420. The minimum Gasteiger partial charge on any atom is -0.495 e. The summed E-state index contributed by atoms with van der Waals surface area (Å²) in [5.74, 6) is 0.994. The average Bonchev–Trinajstić information content (AvgIpc) is 3.28. The van der Waals surface area contributed by atoms with Crippen LogP contribution in [0.5, 0.6) is 11.5 Å². The summed E-state index contributed by atoms with van der Waals surface area (Å²) in [5.41, 5.74) is 1.10. The number of hydrogen-bond donors (Lipinski definition) is 1. The minimum atomic E-state index is -0.501. The van der Waals surface area contributed by atoms with Crippen LogP contribution in [0.1, 0.15) is 33.6 Å². The van der Waals surface area contributed by atoms with Crippen LogP contribution in [-0.4, -0.2) is 30.3 Å². The highest BCUT2D eigenvalue weighted by Crippen LogP contribution is 2.31. The van der Waals surface area contributed by atoms with E-state index in [1.165, 1.54) is 11.3 Å². The molecule has 36 heavy (non-hydrogen) atoms. The van der Waals surface area contributed by atoms with Crippen molar-refractivity contribution < 1.29 is 23.4 Å². The first-order valence-corrected chi connectivity index (χ1v) is 12.4. The number of aromatic nitrogens is 1. The number of fused-ring (bicyclic) bond motifs is 1. The largest absolute Gasteiger partial charge is 0.495 e. The number of benzene rings is 2. The third-order valence-electron chi connectivity index (χ3n) is 5.05. The summed E-state index contributed by atoms with van der Waals surface area (Å²) in [7, 11) is 1.61. The number of ether oxygens (including phenoxy) is 3. The van der Waals surface area contributed by atoms with Crippen LogP contribution in [0.15, 0.2) is 63.1 Å². The van der Waals surface area contributed by atoms with Gasteiger partial charge in [-0.05, 0) is 57.5 Å². The van der Waals surface area contributed by atoms with Crippen molar-refractivity contribution in [3.05, 3.63) is 64.3 Å². The molecule has 2 aromatic heterocycles. The fourth-order valence-electron chi connectivity index (χ4n) is 3.48. The number of rotatable bonds is 9. The van der Waals surface area contributed by atoms with Crippen molar-refractivity contribution in [1.29, 1.82) is 0 Å². The standard InChI is InChI=1S/C27H28N2O6S/c1-27(2,3)35-24(30)10-7-13-33-18-12-11-17-14-19(25(31)34-23(17)15-18)21-16-36-26(29-21)28-20-8-5-6-9-22(20)32-4/h5-6,8-9,11-12,14-16H,7,10,13H2,1-4H3,(H,28,29). The number of nitrogens with zero attached hydrogens (tertiary/aromatic N) is 1. The molecule has 0 amide bonds. The lowest BCUT2D eigenvalue weighted by Crippen LogP contribution is -2.23. The van der Waals surface area contributed by atoms with Gasteiger partial charge in [-0.3, -0.25) is 4.79 Å². The Labute approximate surface area is 212 Å². The molecule has 0 aliphatic rings. The molecule has 0 atom stereocenters. The van der Waals surface area contributed by atoms with Crippen molar-refractivity contribution >= 4 is 39.1 Å². The van der Waals surface area contributed by atoms with E-state index in [1.54, 1.807) is 30.7 Å². The first-order chi connectivity index (χ1) is 17.2. The highest BCUT2D eigenvalue weighted by molar-refractivity contribution is 7.14. The third-order valence-corrected chi connectivity index (χ3v) is 5.81. The normalized spacial score (nSPS) is 11.3. The maximum absolute atomic E-state index is 12.7. The molecule has 188 valence electrons. The van der Waals surface area contributed by atoms with Crippen LogP contribution in [0, 0.1) is 0 Å². The second-order valence-electron chi connectivity index (χ2n) is 9.05. The molecule has 1 N–H and O–H groups in total. The molecule has 0 spiro atoms. The van der Waals surface area contributed by atoms with Crippen LogP contribution in [0.25, 0.3) is 22.2 Å².